The summed E-state index contributed by atoms with van der Waals surface area (Å²) in [5, 5.41) is 11.4. The topological polar surface area (TPSA) is 63.1 Å². The quantitative estimate of drug-likeness (QED) is 0.894. The predicted octanol–water partition coefficient (Wildman–Crippen LogP) is 0.874. The van der Waals surface area contributed by atoms with E-state index in [1.807, 2.05) is 0 Å². The maximum atomic E-state index is 12.9. The molecule has 0 aliphatic carbocycles. The molecular formula is C13H15ClFN5O. The molecule has 112 valence electrons. The molecule has 1 aliphatic rings. The smallest absolute Gasteiger partial charge is 0.276 e. The Balaban J connectivity index is 0.00000161. The third-order valence-corrected chi connectivity index (χ3v) is 3.17. The predicted molar refractivity (Wildman–Crippen MR) is 77.3 cm³/mol. The van der Waals surface area contributed by atoms with Crippen LogP contribution in [0.2, 0.25) is 0 Å². The van der Waals surface area contributed by atoms with Crippen LogP contribution in [-0.2, 0) is 0 Å². The lowest BCUT2D eigenvalue weighted by molar-refractivity contribution is 0.0729. The third-order valence-electron chi connectivity index (χ3n) is 3.17. The molecule has 6 nitrogen and oxygen atoms in total. The number of amides is 1. The second-order valence-electron chi connectivity index (χ2n) is 4.54. The van der Waals surface area contributed by atoms with E-state index in [1.165, 1.54) is 23.1 Å². The highest BCUT2D eigenvalue weighted by Gasteiger charge is 2.20. The lowest BCUT2D eigenvalue weighted by Gasteiger charge is -2.26. The Morgan fingerprint density at radius 2 is 1.86 bits per heavy atom. The summed E-state index contributed by atoms with van der Waals surface area (Å²) in [6.45, 7) is 2.92. The number of hydrogen-bond donors (Lipinski definition) is 1. The van der Waals surface area contributed by atoms with E-state index in [2.05, 4.69) is 15.5 Å². The molecule has 0 radical (unpaired) electrons. The van der Waals surface area contributed by atoms with Gasteiger partial charge in [0.25, 0.3) is 5.91 Å². The number of aromatic nitrogens is 3. The van der Waals surface area contributed by atoms with Crippen molar-refractivity contribution in [3.05, 3.63) is 42.0 Å². The minimum absolute atomic E-state index is 0. The molecule has 1 saturated heterocycles. The van der Waals surface area contributed by atoms with Crippen LogP contribution in [0.4, 0.5) is 4.39 Å². The number of halogens is 2. The average Bonchev–Trinajstić information content (AvgIpc) is 2.98. The molecule has 1 amide bonds. The minimum Gasteiger partial charge on any atom is -0.335 e. The molecule has 1 N–H and O–H groups in total. The van der Waals surface area contributed by atoms with Crippen molar-refractivity contribution in [3.8, 4) is 5.69 Å². The first kappa shape index (κ1) is 15.4. The summed E-state index contributed by atoms with van der Waals surface area (Å²) in [4.78, 5) is 15.3. The number of benzene rings is 1. The summed E-state index contributed by atoms with van der Waals surface area (Å²) < 4.78 is 12.9. The first-order valence-corrected chi connectivity index (χ1v) is 6.42. The SMILES string of the molecule is Cl.O=C(c1cnn(-c2ccc(F)cc2)n1)N1CCNCC1. The number of hydrogen-bond acceptors (Lipinski definition) is 4. The summed E-state index contributed by atoms with van der Waals surface area (Å²) in [6.07, 6.45) is 1.44. The van der Waals surface area contributed by atoms with Gasteiger partial charge in [0.15, 0.2) is 5.69 Å². The second-order valence-corrected chi connectivity index (χ2v) is 4.54. The molecule has 0 bridgehead atoms. The molecule has 2 heterocycles. The van der Waals surface area contributed by atoms with E-state index in [4.69, 9.17) is 0 Å². The molecule has 8 heteroatoms. The van der Waals surface area contributed by atoms with Crippen LogP contribution < -0.4 is 5.32 Å². The zero-order chi connectivity index (χ0) is 13.9. The largest absolute Gasteiger partial charge is 0.335 e. The Labute approximate surface area is 127 Å². The summed E-state index contributed by atoms with van der Waals surface area (Å²) in [5.74, 6) is -0.446. The van der Waals surface area contributed by atoms with Crippen LogP contribution in [0.1, 0.15) is 10.5 Å². The Kier molecular flexibility index (Phi) is 4.87. The first-order valence-electron chi connectivity index (χ1n) is 6.42. The van der Waals surface area contributed by atoms with E-state index in [0.29, 0.717) is 24.5 Å². The van der Waals surface area contributed by atoms with E-state index in [9.17, 15) is 9.18 Å². The van der Waals surface area contributed by atoms with Crippen molar-refractivity contribution in [1.29, 1.82) is 0 Å². The molecule has 0 atom stereocenters. The zero-order valence-corrected chi connectivity index (χ0v) is 12.0. The van der Waals surface area contributed by atoms with E-state index in [1.54, 1.807) is 17.0 Å². The Morgan fingerprint density at radius 3 is 2.52 bits per heavy atom. The number of rotatable bonds is 2. The summed E-state index contributed by atoms with van der Waals surface area (Å²) in [5.41, 5.74) is 0.919. The van der Waals surface area contributed by atoms with Gasteiger partial charge in [-0.2, -0.15) is 9.90 Å². The van der Waals surface area contributed by atoms with Gasteiger partial charge < -0.3 is 10.2 Å². The van der Waals surface area contributed by atoms with Gasteiger partial charge in [0.05, 0.1) is 11.9 Å². The van der Waals surface area contributed by atoms with Gasteiger partial charge in [-0.25, -0.2) is 4.39 Å². The molecule has 2 aromatic rings. The Morgan fingerprint density at radius 1 is 1.19 bits per heavy atom. The highest BCUT2D eigenvalue weighted by atomic mass is 35.5. The second kappa shape index (κ2) is 6.64. The summed E-state index contributed by atoms with van der Waals surface area (Å²) >= 11 is 0. The monoisotopic (exact) mass is 311 g/mol. The molecule has 3 rings (SSSR count). The molecule has 0 unspecified atom stereocenters. The molecule has 0 spiro atoms. The van der Waals surface area contributed by atoms with Crippen molar-refractivity contribution in [2.24, 2.45) is 0 Å². The van der Waals surface area contributed by atoms with E-state index in [-0.39, 0.29) is 24.1 Å². The van der Waals surface area contributed by atoms with Gasteiger partial charge in [-0.1, -0.05) is 0 Å². The number of carbonyl (C=O) groups excluding carboxylic acids is 1. The molecule has 21 heavy (non-hydrogen) atoms. The van der Waals surface area contributed by atoms with Crippen LogP contribution in [0, 0.1) is 5.82 Å². The van der Waals surface area contributed by atoms with Gasteiger partial charge in [0.2, 0.25) is 0 Å². The van der Waals surface area contributed by atoms with E-state index in [0.717, 1.165) is 13.1 Å². The fourth-order valence-corrected chi connectivity index (χ4v) is 2.09. The van der Waals surface area contributed by atoms with Crippen molar-refractivity contribution in [3.63, 3.8) is 0 Å². The maximum absolute atomic E-state index is 12.9. The highest BCUT2D eigenvalue weighted by Crippen LogP contribution is 2.08. The van der Waals surface area contributed by atoms with Crippen LogP contribution >= 0.6 is 12.4 Å². The van der Waals surface area contributed by atoms with Gasteiger partial charge >= 0.3 is 0 Å². The zero-order valence-electron chi connectivity index (χ0n) is 11.2. The van der Waals surface area contributed by atoms with Gasteiger partial charge in [-0.3, -0.25) is 4.79 Å². The Hall–Kier alpha value is -1.99. The van der Waals surface area contributed by atoms with Crippen LogP contribution in [0.25, 0.3) is 5.69 Å². The molecule has 1 aromatic carbocycles. The third kappa shape index (κ3) is 3.37. The lowest BCUT2D eigenvalue weighted by atomic mass is 10.3. The van der Waals surface area contributed by atoms with Crippen LogP contribution in [0.5, 0.6) is 0 Å². The average molecular weight is 312 g/mol. The number of nitrogens with one attached hydrogen (secondary N) is 1. The lowest BCUT2D eigenvalue weighted by Crippen LogP contribution is -2.46. The van der Waals surface area contributed by atoms with Crippen molar-refractivity contribution < 1.29 is 9.18 Å². The van der Waals surface area contributed by atoms with E-state index >= 15 is 0 Å². The normalized spacial score (nSPS) is 14.6. The van der Waals surface area contributed by atoms with Crippen LogP contribution in [-0.4, -0.2) is 52.0 Å². The number of nitrogens with zero attached hydrogens (tertiary/aromatic N) is 4. The van der Waals surface area contributed by atoms with Gasteiger partial charge in [0.1, 0.15) is 5.82 Å². The van der Waals surface area contributed by atoms with Gasteiger partial charge in [-0.15, -0.1) is 17.5 Å². The molecule has 1 aliphatic heterocycles. The van der Waals surface area contributed by atoms with Crippen molar-refractivity contribution in [2.75, 3.05) is 26.2 Å². The maximum Gasteiger partial charge on any atom is 0.276 e. The first-order chi connectivity index (χ1) is 9.74. The van der Waals surface area contributed by atoms with Crippen molar-refractivity contribution in [1.82, 2.24) is 25.2 Å². The minimum atomic E-state index is -0.321. The standard InChI is InChI=1S/C13H14FN5O.ClH/c14-10-1-3-11(4-2-10)19-16-9-12(17-19)13(20)18-7-5-15-6-8-18;/h1-4,9,15H,5-8H2;1H. The molecule has 1 fully saturated rings. The Bertz CT molecular complexity index is 609. The molecular weight excluding hydrogens is 297 g/mol. The fraction of sp³-hybridized carbons (Fsp3) is 0.308. The van der Waals surface area contributed by atoms with Gasteiger partial charge in [0, 0.05) is 26.2 Å². The summed E-state index contributed by atoms with van der Waals surface area (Å²) in [6, 6.07) is 5.79. The molecule has 0 saturated carbocycles. The van der Waals surface area contributed by atoms with Gasteiger partial charge in [-0.05, 0) is 24.3 Å². The van der Waals surface area contributed by atoms with Crippen molar-refractivity contribution in [2.45, 2.75) is 0 Å². The van der Waals surface area contributed by atoms with Crippen molar-refractivity contribution >= 4 is 18.3 Å². The van der Waals surface area contributed by atoms with E-state index < -0.39 is 0 Å². The number of piperazine rings is 1. The highest BCUT2D eigenvalue weighted by molar-refractivity contribution is 5.92. The summed E-state index contributed by atoms with van der Waals surface area (Å²) in [7, 11) is 0. The molecule has 1 aromatic heterocycles. The van der Waals surface area contributed by atoms with Crippen LogP contribution in [0.3, 0.4) is 0 Å². The fourth-order valence-electron chi connectivity index (χ4n) is 2.09. The van der Waals surface area contributed by atoms with Crippen LogP contribution in [0.15, 0.2) is 30.5 Å². The number of carbonyl (C=O) groups is 1.